The maximum atomic E-state index is 11.5. The minimum absolute atomic E-state index is 0.116. The third kappa shape index (κ3) is 3.55. The summed E-state index contributed by atoms with van der Waals surface area (Å²) < 4.78 is 0. The molecule has 0 aliphatic heterocycles. The SMILES string of the molecule is Cc1cc(=O)c(C(=O)NC/C=C/CCl)c[nH]1. The van der Waals surface area contributed by atoms with Crippen molar-refractivity contribution < 1.29 is 4.79 Å². The maximum Gasteiger partial charge on any atom is 0.256 e. The van der Waals surface area contributed by atoms with Crippen molar-refractivity contribution in [1.29, 1.82) is 0 Å². The molecule has 1 aromatic heterocycles. The molecule has 1 rings (SSSR count). The Morgan fingerprint density at radius 1 is 1.56 bits per heavy atom. The number of amides is 1. The zero-order valence-corrected chi connectivity index (χ0v) is 9.67. The molecule has 0 saturated carbocycles. The van der Waals surface area contributed by atoms with Gasteiger partial charge in [0.1, 0.15) is 5.56 Å². The molecule has 0 bridgehead atoms. The fourth-order valence-electron chi connectivity index (χ4n) is 1.14. The number of nitrogens with one attached hydrogen (secondary N) is 2. The highest BCUT2D eigenvalue weighted by molar-refractivity contribution is 6.18. The summed E-state index contributed by atoms with van der Waals surface area (Å²) in [4.78, 5) is 25.8. The Bertz CT molecular complexity index is 452. The normalized spacial score (nSPS) is 10.6. The third-order valence-electron chi connectivity index (χ3n) is 1.94. The molecule has 1 amide bonds. The summed E-state index contributed by atoms with van der Waals surface area (Å²) in [5.41, 5.74) is 0.559. The number of rotatable bonds is 4. The molecule has 0 radical (unpaired) electrons. The molecule has 0 aliphatic carbocycles. The van der Waals surface area contributed by atoms with Gasteiger partial charge in [-0.1, -0.05) is 12.2 Å². The fourth-order valence-corrected chi connectivity index (χ4v) is 1.27. The van der Waals surface area contributed by atoms with E-state index in [4.69, 9.17) is 11.6 Å². The van der Waals surface area contributed by atoms with E-state index in [9.17, 15) is 9.59 Å². The molecule has 1 heterocycles. The number of allylic oxidation sites excluding steroid dienone is 1. The lowest BCUT2D eigenvalue weighted by atomic mass is 10.2. The molecule has 2 N–H and O–H groups in total. The number of hydrogen-bond donors (Lipinski definition) is 2. The summed E-state index contributed by atoms with van der Waals surface area (Å²) in [7, 11) is 0. The predicted octanol–water partition coefficient (Wildman–Crippen LogP) is 1.21. The van der Waals surface area contributed by atoms with Crippen molar-refractivity contribution in [2.45, 2.75) is 6.92 Å². The van der Waals surface area contributed by atoms with Crippen molar-refractivity contribution >= 4 is 17.5 Å². The van der Waals surface area contributed by atoms with Crippen LogP contribution in [0.15, 0.2) is 29.2 Å². The molecule has 4 nitrogen and oxygen atoms in total. The first kappa shape index (κ1) is 12.5. The molecule has 0 unspecified atom stereocenters. The van der Waals surface area contributed by atoms with Crippen LogP contribution < -0.4 is 10.7 Å². The molecule has 0 saturated heterocycles. The average Bonchev–Trinajstić information content (AvgIpc) is 2.24. The summed E-state index contributed by atoms with van der Waals surface area (Å²) in [6, 6.07) is 1.39. The van der Waals surface area contributed by atoms with Crippen LogP contribution in [0.4, 0.5) is 0 Å². The Morgan fingerprint density at radius 2 is 2.31 bits per heavy atom. The van der Waals surface area contributed by atoms with Crippen LogP contribution in [0.5, 0.6) is 0 Å². The van der Waals surface area contributed by atoms with Gasteiger partial charge in [0.2, 0.25) is 0 Å². The number of aryl methyl sites for hydroxylation is 1. The number of H-pyrrole nitrogens is 1. The number of aromatic amines is 1. The highest BCUT2D eigenvalue weighted by Gasteiger charge is 2.08. The van der Waals surface area contributed by atoms with E-state index in [0.29, 0.717) is 12.4 Å². The van der Waals surface area contributed by atoms with E-state index < -0.39 is 0 Å². The molecule has 1 aromatic rings. The van der Waals surface area contributed by atoms with E-state index >= 15 is 0 Å². The van der Waals surface area contributed by atoms with E-state index in [1.807, 2.05) is 0 Å². The second kappa shape index (κ2) is 6.12. The van der Waals surface area contributed by atoms with Gasteiger partial charge in [-0.25, -0.2) is 0 Å². The lowest BCUT2D eigenvalue weighted by molar-refractivity contribution is 0.0956. The number of carbonyl (C=O) groups is 1. The van der Waals surface area contributed by atoms with Crippen LogP contribution in [0, 0.1) is 6.92 Å². The fraction of sp³-hybridized carbons (Fsp3) is 0.273. The van der Waals surface area contributed by atoms with Gasteiger partial charge in [0.15, 0.2) is 5.43 Å². The van der Waals surface area contributed by atoms with Gasteiger partial charge in [-0.05, 0) is 6.92 Å². The van der Waals surface area contributed by atoms with E-state index in [1.165, 1.54) is 12.3 Å². The Labute approximate surface area is 98.3 Å². The molecular weight excluding hydrogens is 228 g/mol. The molecule has 0 atom stereocenters. The molecule has 86 valence electrons. The summed E-state index contributed by atoms with van der Waals surface area (Å²) >= 11 is 5.42. The van der Waals surface area contributed by atoms with Crippen molar-refractivity contribution in [3.05, 3.63) is 45.9 Å². The molecule has 0 aromatic carbocycles. The maximum absolute atomic E-state index is 11.5. The van der Waals surface area contributed by atoms with E-state index in [2.05, 4.69) is 10.3 Å². The second-order valence-corrected chi connectivity index (χ2v) is 3.54. The second-order valence-electron chi connectivity index (χ2n) is 3.23. The number of halogens is 1. The smallest absolute Gasteiger partial charge is 0.256 e. The van der Waals surface area contributed by atoms with E-state index in [-0.39, 0.29) is 16.9 Å². The molecule has 0 fully saturated rings. The van der Waals surface area contributed by atoms with Crippen LogP contribution in [0.25, 0.3) is 0 Å². The molecule has 5 heteroatoms. The topological polar surface area (TPSA) is 62.0 Å². The minimum atomic E-state index is -0.388. The largest absolute Gasteiger partial charge is 0.364 e. The first-order valence-electron chi connectivity index (χ1n) is 4.83. The zero-order valence-electron chi connectivity index (χ0n) is 8.92. The molecule has 0 spiro atoms. The molecule has 0 aliphatic rings. The average molecular weight is 241 g/mol. The summed E-state index contributed by atoms with van der Waals surface area (Å²) in [6.45, 7) is 2.12. The van der Waals surface area contributed by atoms with Crippen molar-refractivity contribution in [1.82, 2.24) is 10.3 Å². The van der Waals surface area contributed by atoms with Gasteiger partial charge in [0, 0.05) is 30.4 Å². The van der Waals surface area contributed by atoms with Gasteiger partial charge in [-0.2, -0.15) is 0 Å². The summed E-state index contributed by atoms with van der Waals surface area (Å²) in [5, 5.41) is 2.59. The van der Waals surface area contributed by atoms with Gasteiger partial charge in [-0.15, -0.1) is 11.6 Å². The van der Waals surface area contributed by atoms with E-state index in [0.717, 1.165) is 5.69 Å². The van der Waals surface area contributed by atoms with Crippen molar-refractivity contribution in [3.8, 4) is 0 Å². The minimum Gasteiger partial charge on any atom is -0.364 e. The van der Waals surface area contributed by atoms with Gasteiger partial charge < -0.3 is 10.3 Å². The lowest BCUT2D eigenvalue weighted by Gasteiger charge is -2.01. The Kier molecular flexibility index (Phi) is 4.79. The first-order chi connectivity index (χ1) is 7.65. The van der Waals surface area contributed by atoms with Crippen LogP contribution in [-0.4, -0.2) is 23.3 Å². The van der Waals surface area contributed by atoms with Crippen LogP contribution in [0.3, 0.4) is 0 Å². The van der Waals surface area contributed by atoms with Gasteiger partial charge in [0.25, 0.3) is 5.91 Å². The van der Waals surface area contributed by atoms with Gasteiger partial charge in [-0.3, -0.25) is 9.59 Å². The Hall–Kier alpha value is -1.55. The third-order valence-corrected chi connectivity index (χ3v) is 2.12. The van der Waals surface area contributed by atoms with Crippen LogP contribution >= 0.6 is 11.6 Å². The summed E-state index contributed by atoms with van der Waals surface area (Å²) in [5.74, 6) is 0.0153. The highest BCUT2D eigenvalue weighted by Crippen LogP contribution is 1.91. The number of hydrogen-bond acceptors (Lipinski definition) is 2. The molecular formula is C11H13ClN2O2. The number of aromatic nitrogens is 1. The number of carbonyl (C=O) groups excluding carboxylic acids is 1. The Balaban J connectivity index is 2.66. The van der Waals surface area contributed by atoms with Crippen molar-refractivity contribution in [3.63, 3.8) is 0 Å². The van der Waals surface area contributed by atoms with Gasteiger partial charge >= 0.3 is 0 Å². The zero-order chi connectivity index (χ0) is 12.0. The van der Waals surface area contributed by atoms with E-state index in [1.54, 1.807) is 19.1 Å². The number of alkyl halides is 1. The predicted molar refractivity (Wildman–Crippen MR) is 64.0 cm³/mol. The molecule has 16 heavy (non-hydrogen) atoms. The standard InChI is InChI=1S/C11H13ClN2O2/c1-8-6-10(15)9(7-14-8)11(16)13-5-3-2-4-12/h2-3,6-7H,4-5H2,1H3,(H,13,16)(H,14,15)/b3-2+. The lowest BCUT2D eigenvalue weighted by Crippen LogP contribution is -2.28. The quantitative estimate of drug-likeness (QED) is 0.614. The first-order valence-corrected chi connectivity index (χ1v) is 5.37. The number of pyridine rings is 1. The monoisotopic (exact) mass is 240 g/mol. The van der Waals surface area contributed by atoms with Crippen LogP contribution in [0.1, 0.15) is 16.1 Å². The summed E-state index contributed by atoms with van der Waals surface area (Å²) in [6.07, 6.45) is 4.87. The van der Waals surface area contributed by atoms with Crippen LogP contribution in [0.2, 0.25) is 0 Å². The highest BCUT2D eigenvalue weighted by atomic mass is 35.5. The van der Waals surface area contributed by atoms with Crippen molar-refractivity contribution in [2.75, 3.05) is 12.4 Å². The Morgan fingerprint density at radius 3 is 2.94 bits per heavy atom. The van der Waals surface area contributed by atoms with Crippen LogP contribution in [-0.2, 0) is 0 Å². The van der Waals surface area contributed by atoms with Crippen molar-refractivity contribution in [2.24, 2.45) is 0 Å². The van der Waals surface area contributed by atoms with Gasteiger partial charge in [0.05, 0.1) is 0 Å².